The van der Waals surface area contributed by atoms with E-state index < -0.39 is 10.0 Å². The van der Waals surface area contributed by atoms with Crippen molar-refractivity contribution in [2.45, 2.75) is 24.8 Å². The van der Waals surface area contributed by atoms with Crippen molar-refractivity contribution in [3.05, 3.63) is 18.3 Å². The molecule has 0 bridgehead atoms. The SMILES string of the molecule is CCNc1ncccc1S(=O)(=O)N(C)C(C)COC. The molecule has 108 valence electrons. The average molecular weight is 287 g/mol. The van der Waals surface area contributed by atoms with Crippen LogP contribution in [0.3, 0.4) is 0 Å². The second-order valence-corrected chi connectivity index (χ2v) is 6.17. The third-order valence-corrected chi connectivity index (χ3v) is 4.80. The van der Waals surface area contributed by atoms with Crippen LogP contribution in [0.5, 0.6) is 0 Å². The van der Waals surface area contributed by atoms with Gasteiger partial charge in [-0.25, -0.2) is 13.4 Å². The van der Waals surface area contributed by atoms with E-state index in [-0.39, 0.29) is 10.9 Å². The molecule has 1 aromatic heterocycles. The van der Waals surface area contributed by atoms with Crippen LogP contribution >= 0.6 is 0 Å². The zero-order valence-corrected chi connectivity index (χ0v) is 12.6. The first-order chi connectivity index (χ1) is 8.95. The molecule has 1 rings (SSSR count). The number of sulfonamides is 1. The second-order valence-electron chi connectivity index (χ2n) is 4.21. The highest BCUT2D eigenvalue weighted by Crippen LogP contribution is 2.22. The topological polar surface area (TPSA) is 71.5 Å². The molecule has 0 radical (unpaired) electrons. The van der Waals surface area contributed by atoms with Crippen molar-refractivity contribution in [2.75, 3.05) is 32.6 Å². The Bertz CT molecular complexity index is 505. The van der Waals surface area contributed by atoms with Gasteiger partial charge < -0.3 is 10.1 Å². The fraction of sp³-hybridized carbons (Fsp3) is 0.583. The number of nitrogens with one attached hydrogen (secondary N) is 1. The number of aromatic nitrogens is 1. The highest BCUT2D eigenvalue weighted by Gasteiger charge is 2.28. The Balaban J connectivity index is 3.12. The number of hydrogen-bond acceptors (Lipinski definition) is 5. The van der Waals surface area contributed by atoms with Gasteiger partial charge in [-0.1, -0.05) is 0 Å². The molecular formula is C12H21N3O3S. The average Bonchev–Trinajstić information content (AvgIpc) is 2.39. The normalized spacial score (nSPS) is 13.5. The van der Waals surface area contributed by atoms with Crippen LogP contribution in [0.1, 0.15) is 13.8 Å². The number of ether oxygens (including phenoxy) is 1. The summed E-state index contributed by atoms with van der Waals surface area (Å²) in [7, 11) is -0.495. The first-order valence-corrected chi connectivity index (χ1v) is 7.55. The largest absolute Gasteiger partial charge is 0.383 e. The maximum absolute atomic E-state index is 12.5. The molecule has 0 aromatic carbocycles. The van der Waals surface area contributed by atoms with Crippen LogP contribution in [0.15, 0.2) is 23.2 Å². The Hall–Kier alpha value is -1.18. The van der Waals surface area contributed by atoms with E-state index in [4.69, 9.17) is 4.74 Å². The van der Waals surface area contributed by atoms with Gasteiger partial charge in [-0.05, 0) is 26.0 Å². The van der Waals surface area contributed by atoms with Crippen molar-refractivity contribution >= 4 is 15.8 Å². The summed E-state index contributed by atoms with van der Waals surface area (Å²) >= 11 is 0. The summed E-state index contributed by atoms with van der Waals surface area (Å²) in [5, 5.41) is 2.96. The van der Waals surface area contributed by atoms with Crippen molar-refractivity contribution in [3.63, 3.8) is 0 Å². The van der Waals surface area contributed by atoms with E-state index in [0.717, 1.165) is 0 Å². The van der Waals surface area contributed by atoms with Gasteiger partial charge >= 0.3 is 0 Å². The molecule has 0 saturated heterocycles. The van der Waals surface area contributed by atoms with Crippen molar-refractivity contribution in [3.8, 4) is 0 Å². The smallest absolute Gasteiger partial charge is 0.246 e. The van der Waals surface area contributed by atoms with Gasteiger partial charge in [-0.2, -0.15) is 4.31 Å². The van der Waals surface area contributed by atoms with Crippen molar-refractivity contribution in [2.24, 2.45) is 0 Å². The van der Waals surface area contributed by atoms with E-state index in [1.54, 1.807) is 39.4 Å². The lowest BCUT2D eigenvalue weighted by Gasteiger charge is -2.24. The van der Waals surface area contributed by atoms with Gasteiger partial charge in [0.2, 0.25) is 10.0 Å². The third kappa shape index (κ3) is 3.65. The predicted octanol–water partition coefficient (Wildman–Crippen LogP) is 1.17. The number of rotatable bonds is 7. The molecule has 7 heteroatoms. The van der Waals surface area contributed by atoms with Crippen LogP contribution in [0.2, 0.25) is 0 Å². The number of methoxy groups -OCH3 is 1. The Labute approximate surface area is 114 Å². The van der Waals surface area contributed by atoms with Gasteiger partial charge in [0.05, 0.1) is 6.61 Å². The highest BCUT2D eigenvalue weighted by atomic mass is 32.2. The second kappa shape index (κ2) is 6.83. The minimum absolute atomic E-state index is 0.183. The molecule has 1 atom stereocenters. The van der Waals surface area contributed by atoms with Crippen LogP contribution in [0.25, 0.3) is 0 Å². The lowest BCUT2D eigenvalue weighted by Crippen LogP contribution is -2.38. The molecule has 0 aliphatic rings. The highest BCUT2D eigenvalue weighted by molar-refractivity contribution is 7.89. The Morgan fingerprint density at radius 1 is 1.53 bits per heavy atom. The van der Waals surface area contributed by atoms with E-state index in [9.17, 15) is 8.42 Å². The molecule has 0 aliphatic heterocycles. The molecular weight excluding hydrogens is 266 g/mol. The fourth-order valence-electron chi connectivity index (χ4n) is 1.64. The maximum atomic E-state index is 12.5. The Morgan fingerprint density at radius 3 is 2.79 bits per heavy atom. The molecule has 0 amide bonds. The minimum Gasteiger partial charge on any atom is -0.383 e. The zero-order valence-electron chi connectivity index (χ0n) is 11.8. The summed E-state index contributed by atoms with van der Waals surface area (Å²) < 4.78 is 31.4. The van der Waals surface area contributed by atoms with Crippen LogP contribution in [0.4, 0.5) is 5.82 Å². The first-order valence-electron chi connectivity index (χ1n) is 6.11. The minimum atomic E-state index is -3.58. The number of anilines is 1. The summed E-state index contributed by atoms with van der Waals surface area (Å²) in [4.78, 5) is 4.26. The van der Waals surface area contributed by atoms with Crippen LogP contribution in [-0.2, 0) is 14.8 Å². The van der Waals surface area contributed by atoms with Gasteiger partial charge in [-0.15, -0.1) is 0 Å². The van der Waals surface area contributed by atoms with E-state index >= 15 is 0 Å². The molecule has 0 aliphatic carbocycles. The number of pyridine rings is 1. The molecule has 1 aromatic rings. The summed E-state index contributed by atoms with van der Waals surface area (Å²) in [5.41, 5.74) is 0. The quantitative estimate of drug-likeness (QED) is 0.815. The van der Waals surface area contributed by atoms with E-state index in [2.05, 4.69) is 10.3 Å². The lowest BCUT2D eigenvalue weighted by molar-refractivity contribution is 0.149. The number of likely N-dealkylation sites (N-methyl/N-ethyl adjacent to an activating group) is 1. The zero-order chi connectivity index (χ0) is 14.5. The van der Waals surface area contributed by atoms with Crippen molar-refractivity contribution in [1.29, 1.82) is 0 Å². The van der Waals surface area contributed by atoms with E-state index in [1.165, 1.54) is 4.31 Å². The van der Waals surface area contributed by atoms with Gasteiger partial charge in [0.15, 0.2) is 0 Å². The molecule has 0 spiro atoms. The number of hydrogen-bond donors (Lipinski definition) is 1. The summed E-state index contributed by atoms with van der Waals surface area (Å²) in [5.74, 6) is 0.376. The maximum Gasteiger partial charge on any atom is 0.246 e. The first kappa shape index (κ1) is 15.9. The van der Waals surface area contributed by atoms with Crippen LogP contribution < -0.4 is 5.32 Å². The van der Waals surface area contributed by atoms with E-state index in [1.807, 2.05) is 6.92 Å². The molecule has 0 fully saturated rings. The van der Waals surface area contributed by atoms with Crippen molar-refractivity contribution in [1.82, 2.24) is 9.29 Å². The third-order valence-electron chi connectivity index (χ3n) is 2.80. The molecule has 19 heavy (non-hydrogen) atoms. The molecule has 0 saturated carbocycles. The van der Waals surface area contributed by atoms with E-state index in [0.29, 0.717) is 19.0 Å². The molecule has 1 unspecified atom stereocenters. The van der Waals surface area contributed by atoms with Crippen LogP contribution in [-0.4, -0.2) is 51.1 Å². The number of nitrogens with zero attached hydrogens (tertiary/aromatic N) is 2. The predicted molar refractivity (Wildman–Crippen MR) is 74.7 cm³/mol. The monoisotopic (exact) mass is 287 g/mol. The van der Waals surface area contributed by atoms with Gasteiger partial charge in [-0.3, -0.25) is 0 Å². The van der Waals surface area contributed by atoms with Gasteiger partial charge in [0.25, 0.3) is 0 Å². The standard InChI is InChI=1S/C12H21N3O3S/c1-5-13-12-11(7-6-8-14-12)19(16,17)15(3)10(2)9-18-4/h6-8,10H,5,9H2,1-4H3,(H,13,14). The van der Waals surface area contributed by atoms with Crippen molar-refractivity contribution < 1.29 is 13.2 Å². The Morgan fingerprint density at radius 2 is 2.21 bits per heavy atom. The molecule has 1 heterocycles. The summed E-state index contributed by atoms with van der Waals surface area (Å²) in [6, 6.07) is 2.92. The molecule has 1 N–H and O–H groups in total. The fourth-order valence-corrected chi connectivity index (χ4v) is 3.10. The summed E-state index contributed by atoms with van der Waals surface area (Å²) in [6.45, 7) is 4.64. The lowest BCUT2D eigenvalue weighted by atomic mass is 10.4. The summed E-state index contributed by atoms with van der Waals surface area (Å²) in [6.07, 6.45) is 1.57. The van der Waals surface area contributed by atoms with Gasteiger partial charge in [0, 0.05) is 32.9 Å². The Kier molecular flexibility index (Phi) is 5.71. The molecule has 6 nitrogen and oxygen atoms in total. The van der Waals surface area contributed by atoms with Crippen LogP contribution in [0, 0.1) is 0 Å². The van der Waals surface area contributed by atoms with Gasteiger partial charge in [0.1, 0.15) is 10.7 Å².